The molecule has 0 radical (unpaired) electrons. The van der Waals surface area contributed by atoms with E-state index in [2.05, 4.69) is 82.3 Å². The average Bonchev–Trinajstić information content (AvgIpc) is 3.27. The molecule has 0 amide bonds. The molecule has 3 aromatic carbocycles. The molecule has 1 aliphatic rings. The van der Waals surface area contributed by atoms with Gasteiger partial charge >= 0.3 is 113 Å². The van der Waals surface area contributed by atoms with Gasteiger partial charge in [-0.2, -0.15) is 6.67 Å². The number of hydrogen-bond donors (Lipinski definition) is 0. The van der Waals surface area contributed by atoms with Gasteiger partial charge in [0.2, 0.25) is 0 Å². The van der Waals surface area contributed by atoms with E-state index in [1.807, 2.05) is 0 Å². The van der Waals surface area contributed by atoms with E-state index in [4.69, 9.17) is 19.4 Å². The standard InChI is InChI=1S/C21H27N2.C9H10FNO2S.2ClH.Ru/c1-14-9-16(3)20(17(4)10-14)22-7-8-23(13-22)21-18(5)11-15(2)12-19(21)6;1-11(14(2,12)13)7-8-3-5-9(10)6-4-8;;;/h9-13H,7-8H2,1-6H3;1,3-6H,7H2,2H3;2*1H;/q-1;;;;+2/p-2. The van der Waals surface area contributed by atoms with Gasteiger partial charge in [0.05, 0.1) is 0 Å². The van der Waals surface area contributed by atoms with E-state index in [-0.39, 0.29) is 12.4 Å². The molecule has 5 nitrogen and oxygen atoms in total. The largest absolute Gasteiger partial charge is 0.502 e. The first-order valence-electron chi connectivity index (χ1n) is 12.7. The van der Waals surface area contributed by atoms with Crippen molar-refractivity contribution in [2.75, 3.05) is 29.1 Å². The zero-order valence-electron chi connectivity index (χ0n) is 23.9. The number of rotatable bonds is 6. The van der Waals surface area contributed by atoms with Crippen molar-refractivity contribution in [2.45, 2.75) is 48.1 Å². The van der Waals surface area contributed by atoms with Gasteiger partial charge in [0.25, 0.3) is 0 Å². The summed E-state index contributed by atoms with van der Waals surface area (Å²) in [6.07, 6.45) is 1.07. The molecule has 1 aliphatic heterocycles. The van der Waals surface area contributed by atoms with Gasteiger partial charge in [0.1, 0.15) is 0 Å². The van der Waals surface area contributed by atoms with E-state index in [0.717, 1.165) is 23.7 Å². The normalized spacial score (nSPS) is 13.8. The molecule has 1 fully saturated rings. The number of benzene rings is 3. The van der Waals surface area contributed by atoms with E-state index < -0.39 is 23.5 Å². The number of halogens is 3. The first-order chi connectivity index (χ1) is 18.6. The summed E-state index contributed by atoms with van der Waals surface area (Å²) in [6, 6.07) is 14.7. The second-order valence-electron chi connectivity index (χ2n) is 10.2. The zero-order chi connectivity index (χ0) is 29.8. The molecular weight excluding hydrogens is 657 g/mol. The van der Waals surface area contributed by atoms with Gasteiger partial charge in [-0.1, -0.05) is 35.4 Å². The fraction of sp³-hybridized carbons (Fsp3) is 0.333. The number of anilines is 2. The summed E-state index contributed by atoms with van der Waals surface area (Å²) >= 11 is -2.23. The van der Waals surface area contributed by atoms with Gasteiger partial charge in [0, 0.05) is 24.5 Å². The molecule has 0 bridgehead atoms. The maximum Gasteiger partial charge on any atom is 0.0146 e. The van der Waals surface area contributed by atoms with Gasteiger partial charge < -0.3 is 9.80 Å². The monoisotopic (exact) mass is 694 g/mol. The van der Waals surface area contributed by atoms with E-state index in [1.54, 1.807) is 0 Å². The Kier molecular flexibility index (Phi) is 11.4. The van der Waals surface area contributed by atoms with E-state index in [9.17, 15) is 12.8 Å². The smallest absolute Gasteiger partial charge is 0.0146 e. The molecular formula is C30H37Cl2FN3O2RuS-. The molecule has 0 aliphatic carbocycles. The summed E-state index contributed by atoms with van der Waals surface area (Å²) in [5.74, 6) is -0.370. The van der Waals surface area contributed by atoms with Crippen LogP contribution in [-0.4, -0.2) is 36.8 Å². The van der Waals surface area contributed by atoms with Crippen LogP contribution in [0.2, 0.25) is 0 Å². The van der Waals surface area contributed by atoms with Crippen molar-refractivity contribution in [2.24, 2.45) is 0 Å². The maximum absolute atomic E-state index is 12.7. The third kappa shape index (κ3) is 8.83. The van der Waals surface area contributed by atoms with Crippen LogP contribution in [-0.2, 0) is 30.1 Å². The minimum atomic E-state index is -3.42. The number of nitrogens with zero attached hydrogens (tertiary/aromatic N) is 3. The van der Waals surface area contributed by atoms with Gasteiger partial charge in [0.15, 0.2) is 0 Å². The first-order valence-corrected chi connectivity index (χ1v) is 20.1. The van der Waals surface area contributed by atoms with E-state index in [1.165, 1.54) is 73.8 Å². The molecule has 0 saturated carbocycles. The molecule has 4 rings (SSSR count). The number of hydrogen-bond acceptors (Lipinski definition) is 4. The summed E-state index contributed by atoms with van der Waals surface area (Å²) in [5, 5.41) is 0. The predicted molar refractivity (Wildman–Crippen MR) is 165 cm³/mol. The van der Waals surface area contributed by atoms with E-state index in [0.29, 0.717) is 5.56 Å². The third-order valence-electron chi connectivity index (χ3n) is 6.55. The molecule has 0 aromatic heterocycles. The van der Waals surface area contributed by atoms with Crippen LogP contribution in [0.25, 0.3) is 0 Å². The Morgan fingerprint density at radius 3 is 1.60 bits per heavy atom. The van der Waals surface area contributed by atoms with Crippen LogP contribution in [0.4, 0.5) is 15.8 Å². The second kappa shape index (κ2) is 13.9. The van der Waals surface area contributed by atoms with Crippen molar-refractivity contribution in [3.8, 4) is 0 Å². The number of sulfonamides is 1. The SMILES string of the molecule is CS(=O)(=O)N([CH]=[Ru]([Cl])[Cl])Cc1ccc(F)cc1.Cc1cc(C)c(N2[CH-]N(c3c(C)cc(C)cc3C)CC2)c(C)c1. The second-order valence-corrected chi connectivity index (χ2v) is 17.8. The predicted octanol–water partition coefficient (Wildman–Crippen LogP) is 7.26. The Hall–Kier alpha value is -1.83. The minimum Gasteiger partial charge on any atom is -0.502 e. The summed E-state index contributed by atoms with van der Waals surface area (Å²) < 4.78 is 38.0. The minimum absolute atomic E-state index is 0.100. The number of aryl methyl sites for hydroxylation is 6. The van der Waals surface area contributed by atoms with Crippen LogP contribution in [0, 0.1) is 54.0 Å². The van der Waals surface area contributed by atoms with Gasteiger partial charge in [-0.15, -0.1) is 0 Å². The van der Waals surface area contributed by atoms with Crippen molar-refractivity contribution in [3.63, 3.8) is 0 Å². The van der Waals surface area contributed by atoms with Crippen LogP contribution in [0.3, 0.4) is 0 Å². The molecule has 0 atom stereocenters. The molecule has 40 heavy (non-hydrogen) atoms. The Bertz CT molecular complexity index is 1380. The molecule has 0 N–H and O–H groups in total. The summed E-state index contributed by atoms with van der Waals surface area (Å²) in [4.78, 5) is 4.81. The molecule has 1 heterocycles. The van der Waals surface area contributed by atoms with Crippen LogP contribution in [0.15, 0.2) is 48.5 Å². The average molecular weight is 695 g/mol. The van der Waals surface area contributed by atoms with E-state index >= 15 is 0 Å². The molecule has 1 saturated heterocycles. The van der Waals surface area contributed by atoms with Gasteiger partial charge in [-0.05, 0) is 63.8 Å². The van der Waals surface area contributed by atoms with Gasteiger partial charge in [-0.25, -0.2) is 0 Å². The Labute approximate surface area is 252 Å². The molecule has 220 valence electrons. The summed E-state index contributed by atoms with van der Waals surface area (Å²) in [7, 11) is 7.90. The topological polar surface area (TPSA) is 43.9 Å². The molecule has 0 spiro atoms. The van der Waals surface area contributed by atoms with Crippen LogP contribution in [0.5, 0.6) is 0 Å². The van der Waals surface area contributed by atoms with Gasteiger partial charge in [-0.3, -0.25) is 0 Å². The zero-order valence-corrected chi connectivity index (χ0v) is 28.0. The third-order valence-corrected chi connectivity index (χ3v) is 9.63. The molecule has 10 heteroatoms. The molecule has 0 unspecified atom stereocenters. The van der Waals surface area contributed by atoms with Crippen LogP contribution >= 0.6 is 19.4 Å². The van der Waals surface area contributed by atoms with Crippen LogP contribution in [0.1, 0.15) is 38.9 Å². The Morgan fingerprint density at radius 1 is 0.850 bits per heavy atom. The van der Waals surface area contributed by atoms with Crippen molar-refractivity contribution >= 4 is 45.5 Å². The summed E-state index contributed by atoms with van der Waals surface area (Å²) in [5.41, 5.74) is 11.5. The van der Waals surface area contributed by atoms with Crippen LogP contribution < -0.4 is 9.80 Å². The maximum atomic E-state index is 12.7. The van der Waals surface area contributed by atoms with Crippen molar-refractivity contribution < 1.29 is 26.3 Å². The van der Waals surface area contributed by atoms with Crippen molar-refractivity contribution in [3.05, 3.63) is 100.0 Å². The fourth-order valence-electron chi connectivity index (χ4n) is 5.15. The van der Waals surface area contributed by atoms with Crippen molar-refractivity contribution in [1.82, 2.24) is 4.31 Å². The molecule has 3 aromatic rings. The summed E-state index contributed by atoms with van der Waals surface area (Å²) in [6.45, 7) is 17.7. The van der Waals surface area contributed by atoms with Crippen molar-refractivity contribution in [1.29, 1.82) is 0 Å². The fourth-order valence-corrected chi connectivity index (χ4v) is 9.12. The first kappa shape index (κ1) is 32.7. The Balaban J connectivity index is 0.000000232. The Morgan fingerprint density at radius 2 is 1.25 bits per heavy atom. The quantitative estimate of drug-likeness (QED) is 0.202.